The zero-order valence-electron chi connectivity index (χ0n) is 7.98. The molecule has 6 heteroatoms. The van der Waals surface area contributed by atoms with Gasteiger partial charge in [-0.3, -0.25) is 4.79 Å². The molecule has 0 aliphatic carbocycles. The smallest absolute Gasteiger partial charge is 0.394 e. The highest BCUT2D eigenvalue weighted by Crippen LogP contribution is 2.24. The van der Waals surface area contributed by atoms with E-state index in [-0.39, 0.29) is 0 Å². The number of amides is 1. The van der Waals surface area contributed by atoms with Crippen molar-refractivity contribution in [2.24, 2.45) is 0 Å². The molecule has 6 nitrogen and oxygen atoms in total. The van der Waals surface area contributed by atoms with Crippen LogP contribution >= 0.6 is 0 Å². The van der Waals surface area contributed by atoms with Gasteiger partial charge in [-0.15, -0.1) is 0 Å². The highest BCUT2D eigenvalue weighted by atomic mass is 16.5. The van der Waals surface area contributed by atoms with E-state index in [0.29, 0.717) is 17.1 Å². The molecule has 0 fully saturated rings. The van der Waals surface area contributed by atoms with Crippen molar-refractivity contribution in [2.75, 3.05) is 18.2 Å². The van der Waals surface area contributed by atoms with Gasteiger partial charge in [-0.05, 0) is 18.2 Å². The van der Waals surface area contributed by atoms with Crippen LogP contribution in [0.25, 0.3) is 0 Å². The molecule has 0 heterocycles. The summed E-state index contributed by atoms with van der Waals surface area (Å²) in [4.78, 5) is 21.0. The first-order valence-electron chi connectivity index (χ1n) is 4.02. The molecule has 0 aliphatic rings. The molecule has 0 aliphatic heterocycles. The first-order chi connectivity index (χ1) is 7.04. The number of hydrogen-bond donors (Lipinski definition) is 3. The molecule has 0 spiro atoms. The molecule has 1 aromatic carbocycles. The standard InChI is InChI=1S/C9H10N2O4/c1-15-7-3-2-5(4-6(7)10)11-8(12)9(13)14/h2-4H,10H2,1H3,(H,11,12)(H,13,14). The highest BCUT2D eigenvalue weighted by Gasteiger charge is 2.11. The summed E-state index contributed by atoms with van der Waals surface area (Å²) in [5, 5.41) is 10.5. The van der Waals surface area contributed by atoms with E-state index in [1.165, 1.54) is 25.3 Å². The molecule has 4 N–H and O–H groups in total. The van der Waals surface area contributed by atoms with Crippen LogP contribution in [0.5, 0.6) is 5.75 Å². The summed E-state index contributed by atoms with van der Waals surface area (Å²) in [5.74, 6) is -2.20. The van der Waals surface area contributed by atoms with E-state index in [9.17, 15) is 9.59 Å². The number of rotatable bonds is 2. The minimum atomic E-state index is -1.55. The monoisotopic (exact) mass is 210 g/mol. The van der Waals surface area contributed by atoms with Gasteiger partial charge in [0, 0.05) is 5.69 Å². The van der Waals surface area contributed by atoms with Crippen molar-refractivity contribution in [3.8, 4) is 5.75 Å². The third-order valence-corrected chi connectivity index (χ3v) is 1.68. The average Bonchev–Trinajstić information content (AvgIpc) is 2.18. The zero-order chi connectivity index (χ0) is 11.4. The van der Waals surface area contributed by atoms with Crippen LogP contribution in [0.1, 0.15) is 0 Å². The van der Waals surface area contributed by atoms with Gasteiger partial charge in [0.05, 0.1) is 12.8 Å². The number of benzene rings is 1. The largest absolute Gasteiger partial charge is 0.495 e. The fraction of sp³-hybridized carbons (Fsp3) is 0.111. The van der Waals surface area contributed by atoms with Crippen LogP contribution in [0.4, 0.5) is 11.4 Å². The maximum absolute atomic E-state index is 10.8. The second kappa shape index (κ2) is 4.32. The van der Waals surface area contributed by atoms with Gasteiger partial charge in [0.2, 0.25) is 0 Å². The Morgan fingerprint density at radius 1 is 1.47 bits per heavy atom. The first-order valence-corrected chi connectivity index (χ1v) is 4.02. The number of methoxy groups -OCH3 is 1. The average molecular weight is 210 g/mol. The maximum Gasteiger partial charge on any atom is 0.394 e. The Balaban J connectivity index is 2.84. The van der Waals surface area contributed by atoms with Crippen molar-refractivity contribution in [1.29, 1.82) is 0 Å². The van der Waals surface area contributed by atoms with E-state index in [2.05, 4.69) is 5.32 Å². The molecule has 0 atom stereocenters. The minimum absolute atomic E-state index is 0.306. The van der Waals surface area contributed by atoms with Crippen LogP contribution < -0.4 is 15.8 Å². The fourth-order valence-corrected chi connectivity index (χ4v) is 0.997. The number of carbonyl (C=O) groups is 2. The Morgan fingerprint density at radius 2 is 2.13 bits per heavy atom. The van der Waals surface area contributed by atoms with E-state index in [1.807, 2.05) is 0 Å². The molecule has 0 aromatic heterocycles. The van der Waals surface area contributed by atoms with Crippen LogP contribution in [0.15, 0.2) is 18.2 Å². The first kappa shape index (κ1) is 10.8. The van der Waals surface area contributed by atoms with Gasteiger partial charge < -0.3 is 20.9 Å². The zero-order valence-corrected chi connectivity index (χ0v) is 7.98. The number of anilines is 2. The molecule has 0 bridgehead atoms. The van der Waals surface area contributed by atoms with Gasteiger partial charge in [-0.2, -0.15) is 0 Å². The highest BCUT2D eigenvalue weighted by molar-refractivity contribution is 6.36. The Labute approximate surface area is 85.6 Å². The molecule has 0 unspecified atom stereocenters. The predicted octanol–water partition coefficient (Wildman–Crippen LogP) is 0.300. The Morgan fingerprint density at radius 3 is 2.60 bits per heavy atom. The van der Waals surface area contributed by atoms with Crippen LogP contribution in [-0.4, -0.2) is 24.1 Å². The number of aliphatic carboxylic acids is 1. The number of nitrogen functional groups attached to an aromatic ring is 1. The summed E-state index contributed by atoms with van der Waals surface area (Å²) in [6.45, 7) is 0. The number of carboxylic acids is 1. The summed E-state index contributed by atoms with van der Waals surface area (Å²) >= 11 is 0. The van der Waals surface area contributed by atoms with E-state index in [1.54, 1.807) is 0 Å². The number of nitrogens with two attached hydrogens (primary N) is 1. The van der Waals surface area contributed by atoms with E-state index in [4.69, 9.17) is 15.6 Å². The van der Waals surface area contributed by atoms with Gasteiger partial charge in [-0.1, -0.05) is 0 Å². The summed E-state index contributed by atoms with van der Waals surface area (Å²) in [5.41, 5.74) is 6.19. The van der Waals surface area contributed by atoms with Gasteiger partial charge in [-0.25, -0.2) is 4.79 Å². The maximum atomic E-state index is 10.8. The molecule has 1 amide bonds. The van der Waals surface area contributed by atoms with Crippen molar-refractivity contribution >= 4 is 23.3 Å². The number of carboxylic acid groups (broad SMARTS) is 1. The molecule has 0 saturated carbocycles. The summed E-state index contributed by atoms with van der Waals surface area (Å²) < 4.78 is 4.90. The van der Waals surface area contributed by atoms with Gasteiger partial charge in [0.25, 0.3) is 0 Å². The van der Waals surface area contributed by atoms with E-state index >= 15 is 0 Å². The van der Waals surface area contributed by atoms with Crippen molar-refractivity contribution in [3.05, 3.63) is 18.2 Å². The number of nitrogens with one attached hydrogen (secondary N) is 1. The predicted molar refractivity (Wildman–Crippen MR) is 53.7 cm³/mol. The number of carbonyl (C=O) groups excluding carboxylic acids is 1. The third kappa shape index (κ3) is 2.60. The molecule has 15 heavy (non-hydrogen) atoms. The number of ether oxygens (including phenoxy) is 1. The summed E-state index contributed by atoms with van der Waals surface area (Å²) in [6.07, 6.45) is 0. The normalized spacial score (nSPS) is 9.40. The molecule has 80 valence electrons. The van der Waals surface area contributed by atoms with Crippen LogP contribution in [0, 0.1) is 0 Å². The Kier molecular flexibility index (Phi) is 3.12. The van der Waals surface area contributed by atoms with E-state index in [0.717, 1.165) is 0 Å². The van der Waals surface area contributed by atoms with Gasteiger partial charge >= 0.3 is 11.9 Å². The molecule has 0 radical (unpaired) electrons. The quantitative estimate of drug-likeness (QED) is 0.481. The van der Waals surface area contributed by atoms with Gasteiger partial charge in [0.1, 0.15) is 5.75 Å². The Bertz CT molecular complexity index is 403. The molecular weight excluding hydrogens is 200 g/mol. The third-order valence-electron chi connectivity index (χ3n) is 1.68. The Hall–Kier alpha value is -2.24. The van der Waals surface area contributed by atoms with Crippen LogP contribution in [0.3, 0.4) is 0 Å². The molecule has 0 saturated heterocycles. The second-order valence-electron chi connectivity index (χ2n) is 2.72. The van der Waals surface area contributed by atoms with Crippen molar-refractivity contribution in [3.63, 3.8) is 0 Å². The molecular formula is C9H10N2O4. The topological polar surface area (TPSA) is 102 Å². The van der Waals surface area contributed by atoms with Crippen LogP contribution in [-0.2, 0) is 9.59 Å². The number of hydrogen-bond acceptors (Lipinski definition) is 4. The lowest BCUT2D eigenvalue weighted by Gasteiger charge is -2.06. The lowest BCUT2D eigenvalue weighted by molar-refractivity contribution is -0.147. The summed E-state index contributed by atoms with van der Waals surface area (Å²) in [7, 11) is 1.46. The van der Waals surface area contributed by atoms with Crippen molar-refractivity contribution in [1.82, 2.24) is 0 Å². The summed E-state index contributed by atoms with van der Waals surface area (Å²) in [6, 6.07) is 4.45. The van der Waals surface area contributed by atoms with Crippen LogP contribution in [0.2, 0.25) is 0 Å². The van der Waals surface area contributed by atoms with Gasteiger partial charge in [0.15, 0.2) is 0 Å². The molecule has 1 rings (SSSR count). The fourth-order valence-electron chi connectivity index (χ4n) is 0.997. The van der Waals surface area contributed by atoms with Crippen molar-refractivity contribution < 1.29 is 19.4 Å². The van der Waals surface area contributed by atoms with Crippen molar-refractivity contribution in [2.45, 2.75) is 0 Å². The lowest BCUT2D eigenvalue weighted by Crippen LogP contribution is -2.21. The second-order valence-corrected chi connectivity index (χ2v) is 2.72. The van der Waals surface area contributed by atoms with E-state index < -0.39 is 11.9 Å². The molecule has 1 aromatic rings. The minimum Gasteiger partial charge on any atom is -0.495 e. The lowest BCUT2D eigenvalue weighted by atomic mass is 10.2. The SMILES string of the molecule is COc1ccc(NC(=O)C(=O)O)cc1N.